The summed E-state index contributed by atoms with van der Waals surface area (Å²) in [5, 5.41) is 3.24. The minimum Gasteiger partial charge on any atom is -0.494 e. The highest BCUT2D eigenvalue weighted by Gasteiger charge is 2.06. The van der Waals surface area contributed by atoms with Gasteiger partial charge < -0.3 is 10.1 Å². The summed E-state index contributed by atoms with van der Waals surface area (Å²) >= 11 is 0. The molecule has 0 aliphatic heterocycles. The van der Waals surface area contributed by atoms with Crippen LogP contribution >= 0.6 is 0 Å². The Bertz CT molecular complexity index is 398. The molecule has 0 amide bonds. The number of ether oxygens (including phenoxy) is 1. The van der Waals surface area contributed by atoms with Crippen LogP contribution in [-0.4, -0.2) is 29.4 Å². The second-order valence-electron chi connectivity index (χ2n) is 3.91. The smallest absolute Gasteiger partial charge is 0.165 e. The molecule has 3 nitrogen and oxygen atoms in total. The molecule has 0 saturated carbocycles. The van der Waals surface area contributed by atoms with Crippen molar-refractivity contribution in [3.8, 4) is 5.75 Å². The van der Waals surface area contributed by atoms with Crippen molar-refractivity contribution >= 4 is 10.8 Å². The molecule has 2 unspecified atom stereocenters. The molecule has 0 bridgehead atoms. The number of nitrogens with one attached hydrogen (secondary N) is 1. The molecule has 0 aliphatic carbocycles. The van der Waals surface area contributed by atoms with Gasteiger partial charge in [0.25, 0.3) is 0 Å². The average molecular weight is 259 g/mol. The number of halogens is 1. The molecule has 0 aliphatic rings. The predicted octanol–water partition coefficient (Wildman–Crippen LogP) is 1.69. The van der Waals surface area contributed by atoms with Crippen LogP contribution in [0.25, 0.3) is 0 Å². The molecule has 1 aromatic rings. The van der Waals surface area contributed by atoms with E-state index in [1.165, 1.54) is 13.2 Å². The largest absolute Gasteiger partial charge is 0.494 e. The van der Waals surface area contributed by atoms with Gasteiger partial charge in [0.05, 0.1) is 7.11 Å². The number of hydrogen-bond donors (Lipinski definition) is 1. The normalized spacial score (nSPS) is 14.4. The van der Waals surface area contributed by atoms with Gasteiger partial charge in [-0.15, -0.1) is 0 Å². The van der Waals surface area contributed by atoms with E-state index < -0.39 is 10.8 Å². The number of benzene rings is 1. The lowest BCUT2D eigenvalue weighted by molar-refractivity contribution is 0.386. The first-order valence-corrected chi connectivity index (χ1v) is 7.02. The van der Waals surface area contributed by atoms with E-state index in [-0.39, 0.29) is 16.8 Å². The Morgan fingerprint density at radius 3 is 2.76 bits per heavy atom. The Morgan fingerprint density at radius 1 is 1.53 bits per heavy atom. The Hall–Kier alpha value is -0.940. The Labute approximate surface area is 104 Å². The van der Waals surface area contributed by atoms with Crippen molar-refractivity contribution in [3.63, 3.8) is 0 Å². The molecule has 0 fully saturated rings. The van der Waals surface area contributed by atoms with Crippen molar-refractivity contribution in [3.05, 3.63) is 29.6 Å². The fourth-order valence-electron chi connectivity index (χ4n) is 1.36. The third kappa shape index (κ3) is 4.44. The van der Waals surface area contributed by atoms with Gasteiger partial charge in [0.1, 0.15) is 0 Å². The molecule has 1 N–H and O–H groups in total. The van der Waals surface area contributed by atoms with Crippen molar-refractivity contribution in [2.75, 3.05) is 19.9 Å². The van der Waals surface area contributed by atoms with E-state index in [1.54, 1.807) is 12.3 Å². The highest BCUT2D eigenvalue weighted by Crippen LogP contribution is 2.17. The first kappa shape index (κ1) is 14.1. The minimum atomic E-state index is -0.834. The molecule has 0 spiro atoms. The van der Waals surface area contributed by atoms with Gasteiger partial charge >= 0.3 is 0 Å². The van der Waals surface area contributed by atoms with Gasteiger partial charge in [-0.3, -0.25) is 4.21 Å². The van der Waals surface area contributed by atoms with Crippen LogP contribution in [0.3, 0.4) is 0 Å². The van der Waals surface area contributed by atoms with Gasteiger partial charge in [0, 0.05) is 35.4 Å². The minimum absolute atomic E-state index is 0.0955. The summed E-state index contributed by atoms with van der Waals surface area (Å²) in [6.07, 6.45) is 1.68. The summed E-state index contributed by atoms with van der Waals surface area (Å²) in [4.78, 5) is 0. The Balaban J connectivity index is 2.47. The molecule has 0 radical (unpaired) electrons. The third-order valence-electron chi connectivity index (χ3n) is 2.54. The molecule has 96 valence electrons. The van der Waals surface area contributed by atoms with Crippen molar-refractivity contribution in [2.24, 2.45) is 0 Å². The molecule has 1 aromatic carbocycles. The summed E-state index contributed by atoms with van der Waals surface area (Å²) in [6, 6.07) is 4.86. The summed E-state index contributed by atoms with van der Waals surface area (Å²) in [7, 11) is 0.605. The van der Waals surface area contributed by atoms with Crippen LogP contribution in [0.2, 0.25) is 0 Å². The molecular weight excluding hydrogens is 241 g/mol. The maximum absolute atomic E-state index is 13.4. The fourth-order valence-corrected chi connectivity index (χ4v) is 1.71. The van der Waals surface area contributed by atoms with E-state index in [1.807, 2.05) is 13.0 Å². The van der Waals surface area contributed by atoms with Crippen LogP contribution in [0.5, 0.6) is 5.75 Å². The first-order valence-electron chi connectivity index (χ1n) is 5.40. The third-order valence-corrected chi connectivity index (χ3v) is 3.84. The van der Waals surface area contributed by atoms with E-state index in [0.717, 1.165) is 5.56 Å². The van der Waals surface area contributed by atoms with Crippen LogP contribution in [-0.2, 0) is 17.3 Å². The molecule has 0 saturated heterocycles. The molecular formula is C12H18FNO2S. The van der Waals surface area contributed by atoms with Crippen molar-refractivity contribution < 1.29 is 13.3 Å². The lowest BCUT2D eigenvalue weighted by Crippen LogP contribution is -2.27. The van der Waals surface area contributed by atoms with E-state index in [0.29, 0.717) is 13.1 Å². The zero-order valence-corrected chi connectivity index (χ0v) is 11.1. The summed E-state index contributed by atoms with van der Waals surface area (Å²) in [5.41, 5.74) is 0.845. The van der Waals surface area contributed by atoms with Gasteiger partial charge in [0.15, 0.2) is 11.6 Å². The van der Waals surface area contributed by atoms with Gasteiger partial charge in [-0.05, 0) is 24.6 Å². The molecule has 17 heavy (non-hydrogen) atoms. The van der Waals surface area contributed by atoms with Gasteiger partial charge in [0.2, 0.25) is 0 Å². The topological polar surface area (TPSA) is 38.3 Å². The highest BCUT2D eigenvalue weighted by molar-refractivity contribution is 7.84. The van der Waals surface area contributed by atoms with E-state index >= 15 is 0 Å². The first-order chi connectivity index (χ1) is 8.04. The zero-order valence-electron chi connectivity index (χ0n) is 10.3. The maximum Gasteiger partial charge on any atom is 0.165 e. The summed E-state index contributed by atoms with van der Waals surface area (Å²) in [5.74, 6) is -0.115. The lowest BCUT2D eigenvalue weighted by Gasteiger charge is -2.10. The van der Waals surface area contributed by atoms with Crippen LogP contribution in [0.1, 0.15) is 12.5 Å². The van der Waals surface area contributed by atoms with Crippen LogP contribution in [0.15, 0.2) is 18.2 Å². The SMILES string of the molecule is COc1ccc(CNCC(C)S(C)=O)cc1F. The number of methoxy groups -OCH3 is 1. The molecule has 5 heteroatoms. The van der Waals surface area contributed by atoms with E-state index in [9.17, 15) is 8.60 Å². The molecule has 0 heterocycles. The highest BCUT2D eigenvalue weighted by atomic mass is 32.2. The fraction of sp³-hybridized carbons (Fsp3) is 0.500. The predicted molar refractivity (Wildman–Crippen MR) is 68.2 cm³/mol. The van der Waals surface area contributed by atoms with Crippen molar-refractivity contribution in [2.45, 2.75) is 18.7 Å². The van der Waals surface area contributed by atoms with Gasteiger partial charge in [-0.2, -0.15) is 0 Å². The van der Waals surface area contributed by atoms with Crippen LogP contribution < -0.4 is 10.1 Å². The van der Waals surface area contributed by atoms with Gasteiger partial charge in [-0.1, -0.05) is 6.07 Å². The Morgan fingerprint density at radius 2 is 2.24 bits per heavy atom. The zero-order chi connectivity index (χ0) is 12.8. The summed E-state index contributed by atoms with van der Waals surface area (Å²) in [6.45, 7) is 3.12. The number of rotatable bonds is 6. The van der Waals surface area contributed by atoms with Gasteiger partial charge in [-0.25, -0.2) is 4.39 Å². The number of hydrogen-bond acceptors (Lipinski definition) is 3. The summed E-state index contributed by atoms with van der Waals surface area (Å²) < 4.78 is 29.3. The quantitative estimate of drug-likeness (QED) is 0.845. The molecule has 1 rings (SSSR count). The van der Waals surface area contributed by atoms with E-state index in [2.05, 4.69) is 5.32 Å². The van der Waals surface area contributed by atoms with Crippen LogP contribution in [0.4, 0.5) is 4.39 Å². The van der Waals surface area contributed by atoms with Crippen molar-refractivity contribution in [1.82, 2.24) is 5.32 Å². The van der Waals surface area contributed by atoms with Crippen molar-refractivity contribution in [1.29, 1.82) is 0 Å². The molecule has 2 atom stereocenters. The maximum atomic E-state index is 13.4. The molecule has 0 aromatic heterocycles. The lowest BCUT2D eigenvalue weighted by atomic mass is 10.2. The van der Waals surface area contributed by atoms with Crippen LogP contribution in [0, 0.1) is 5.82 Å². The second-order valence-corrected chi connectivity index (χ2v) is 5.71. The van der Waals surface area contributed by atoms with E-state index in [4.69, 9.17) is 4.74 Å². The second kappa shape index (κ2) is 6.71. The monoisotopic (exact) mass is 259 g/mol. The average Bonchev–Trinajstić information content (AvgIpc) is 2.29. The Kier molecular flexibility index (Phi) is 5.58. The standard InChI is InChI=1S/C12H18FNO2S/c1-9(17(3)15)7-14-8-10-4-5-12(16-2)11(13)6-10/h4-6,9,14H,7-8H2,1-3H3.